The van der Waals surface area contributed by atoms with E-state index in [1.807, 2.05) is 16.4 Å². The minimum Gasteiger partial charge on any atom is -0.352 e. The average Bonchev–Trinajstić information content (AvgIpc) is 2.87. The van der Waals surface area contributed by atoms with Crippen LogP contribution in [0.15, 0.2) is 0 Å². The van der Waals surface area contributed by atoms with Crippen molar-refractivity contribution in [2.75, 3.05) is 13.1 Å². The van der Waals surface area contributed by atoms with Gasteiger partial charge in [-0.2, -0.15) is 13.2 Å². The van der Waals surface area contributed by atoms with Crippen molar-refractivity contribution < 1.29 is 18.0 Å². The summed E-state index contributed by atoms with van der Waals surface area (Å²) >= 11 is 0. The lowest BCUT2D eigenvalue weighted by Gasteiger charge is -2.32. The number of aryl methyl sites for hydroxylation is 1. The van der Waals surface area contributed by atoms with Crippen molar-refractivity contribution in [3.8, 4) is 0 Å². The highest BCUT2D eigenvalue weighted by atomic mass is 19.4. The second kappa shape index (κ2) is 6.70. The summed E-state index contributed by atoms with van der Waals surface area (Å²) in [5.74, 6) is 0.163. The third kappa shape index (κ3) is 3.88. The highest BCUT2D eigenvalue weighted by molar-refractivity contribution is 5.78. The number of hydrogen-bond acceptors (Lipinski definition) is 4. The Hall–Kier alpha value is -1.64. The second-order valence-electron chi connectivity index (χ2n) is 6.70. The van der Waals surface area contributed by atoms with Gasteiger partial charge in [0.25, 0.3) is 0 Å². The van der Waals surface area contributed by atoms with Crippen LogP contribution in [0.4, 0.5) is 13.2 Å². The summed E-state index contributed by atoms with van der Waals surface area (Å²) < 4.78 is 40.5. The quantitative estimate of drug-likeness (QED) is 0.905. The van der Waals surface area contributed by atoms with Crippen molar-refractivity contribution >= 4 is 5.91 Å². The minimum absolute atomic E-state index is 0.0111. The average molecular weight is 345 g/mol. The van der Waals surface area contributed by atoms with Gasteiger partial charge in [-0.15, -0.1) is 10.2 Å². The second-order valence-corrected chi connectivity index (χ2v) is 6.70. The van der Waals surface area contributed by atoms with Crippen molar-refractivity contribution in [1.82, 2.24) is 25.0 Å². The molecule has 0 aromatic carbocycles. The molecule has 1 amide bonds. The molecule has 9 heteroatoms. The Kier molecular flexibility index (Phi) is 4.80. The molecule has 134 valence electrons. The van der Waals surface area contributed by atoms with Crippen molar-refractivity contribution in [1.29, 1.82) is 0 Å². The molecule has 2 aliphatic rings. The minimum atomic E-state index is -4.17. The van der Waals surface area contributed by atoms with E-state index >= 15 is 0 Å². The maximum Gasteiger partial charge on any atom is 0.391 e. The van der Waals surface area contributed by atoms with E-state index in [9.17, 15) is 18.0 Å². The SMILES string of the molecule is Cc1nnc2n1CCN(CC(=O)N[C@@H]1CCC[C@@H](C(F)(F)F)C1)C2. The molecule has 6 nitrogen and oxygen atoms in total. The van der Waals surface area contributed by atoms with E-state index in [2.05, 4.69) is 15.5 Å². The van der Waals surface area contributed by atoms with Gasteiger partial charge in [-0.05, 0) is 26.2 Å². The molecule has 0 saturated heterocycles. The lowest BCUT2D eigenvalue weighted by molar-refractivity contribution is -0.184. The third-order valence-corrected chi connectivity index (χ3v) is 4.89. The maximum absolute atomic E-state index is 12.8. The number of carbonyl (C=O) groups excluding carboxylic acids is 1. The first-order valence-electron chi connectivity index (χ1n) is 8.30. The maximum atomic E-state index is 12.8. The van der Waals surface area contributed by atoms with Crippen LogP contribution in [-0.4, -0.2) is 50.9 Å². The molecule has 2 atom stereocenters. The summed E-state index contributed by atoms with van der Waals surface area (Å²) in [6.45, 7) is 4.03. The van der Waals surface area contributed by atoms with Crippen LogP contribution < -0.4 is 5.32 Å². The van der Waals surface area contributed by atoms with Gasteiger partial charge >= 0.3 is 6.18 Å². The standard InChI is InChI=1S/C15H22F3N5O/c1-10-20-21-13-8-22(5-6-23(10)13)9-14(24)19-12-4-2-3-11(7-12)15(16,17)18/h11-12H,2-9H2,1H3,(H,19,24)/t11-,12-/m1/s1. The number of nitrogens with zero attached hydrogens (tertiary/aromatic N) is 4. The van der Waals surface area contributed by atoms with Crippen LogP contribution in [0.25, 0.3) is 0 Å². The van der Waals surface area contributed by atoms with E-state index in [4.69, 9.17) is 0 Å². The lowest BCUT2D eigenvalue weighted by atomic mass is 9.85. The molecule has 0 radical (unpaired) electrons. The summed E-state index contributed by atoms with van der Waals surface area (Å²) in [6.07, 6.45) is -2.90. The van der Waals surface area contributed by atoms with Gasteiger partial charge in [0, 0.05) is 19.1 Å². The smallest absolute Gasteiger partial charge is 0.352 e. The van der Waals surface area contributed by atoms with E-state index in [0.717, 1.165) is 18.2 Å². The van der Waals surface area contributed by atoms with E-state index in [1.165, 1.54) is 0 Å². The Bertz CT molecular complexity index is 600. The summed E-state index contributed by atoms with van der Waals surface area (Å²) in [5, 5.41) is 10.9. The van der Waals surface area contributed by atoms with Crippen LogP contribution in [0.1, 0.15) is 37.3 Å². The van der Waals surface area contributed by atoms with Gasteiger partial charge in [-0.1, -0.05) is 6.42 Å². The van der Waals surface area contributed by atoms with Gasteiger partial charge in [0.2, 0.25) is 5.91 Å². The number of alkyl halides is 3. The van der Waals surface area contributed by atoms with E-state index < -0.39 is 12.1 Å². The molecule has 1 fully saturated rings. The van der Waals surface area contributed by atoms with E-state index in [0.29, 0.717) is 25.9 Å². The Morgan fingerprint density at radius 3 is 2.83 bits per heavy atom. The zero-order chi connectivity index (χ0) is 17.3. The molecule has 24 heavy (non-hydrogen) atoms. The topological polar surface area (TPSA) is 63.1 Å². The number of halogens is 3. The molecule has 2 heterocycles. The summed E-state index contributed by atoms with van der Waals surface area (Å²) in [4.78, 5) is 14.1. The van der Waals surface area contributed by atoms with Crippen LogP contribution in [0.5, 0.6) is 0 Å². The van der Waals surface area contributed by atoms with Gasteiger partial charge < -0.3 is 9.88 Å². The number of nitrogens with one attached hydrogen (secondary N) is 1. The predicted molar refractivity (Wildman–Crippen MR) is 80.0 cm³/mol. The number of rotatable bonds is 3. The summed E-state index contributed by atoms with van der Waals surface area (Å²) in [7, 11) is 0. The first kappa shape index (κ1) is 17.2. The molecule has 1 aliphatic heterocycles. The van der Waals surface area contributed by atoms with Crippen molar-refractivity contribution in [2.45, 2.75) is 57.9 Å². The molecule has 1 N–H and O–H groups in total. The molecule has 3 rings (SSSR count). The molecular formula is C15H22F3N5O. The Morgan fingerprint density at radius 1 is 1.29 bits per heavy atom. The summed E-state index contributed by atoms with van der Waals surface area (Å²) in [6, 6.07) is -0.381. The predicted octanol–water partition coefficient (Wildman–Crippen LogP) is 1.64. The zero-order valence-electron chi connectivity index (χ0n) is 13.6. The van der Waals surface area contributed by atoms with Crippen molar-refractivity contribution in [3.05, 3.63) is 11.6 Å². The number of carbonyl (C=O) groups is 1. The van der Waals surface area contributed by atoms with E-state index in [1.54, 1.807) is 0 Å². The van der Waals surface area contributed by atoms with Crippen LogP contribution >= 0.6 is 0 Å². The highest BCUT2D eigenvalue weighted by Gasteiger charge is 2.42. The molecule has 0 bridgehead atoms. The Balaban J connectivity index is 1.49. The van der Waals surface area contributed by atoms with Crippen LogP contribution in [0.2, 0.25) is 0 Å². The molecule has 0 spiro atoms. The Labute approximate surface area is 138 Å². The van der Waals surface area contributed by atoms with Crippen LogP contribution in [0.3, 0.4) is 0 Å². The highest BCUT2D eigenvalue weighted by Crippen LogP contribution is 2.37. The fourth-order valence-corrected chi connectivity index (χ4v) is 3.58. The molecule has 1 saturated carbocycles. The van der Waals surface area contributed by atoms with Gasteiger partial charge in [0.1, 0.15) is 11.6 Å². The number of fused-ring (bicyclic) bond motifs is 1. The van der Waals surface area contributed by atoms with Crippen LogP contribution in [0, 0.1) is 12.8 Å². The van der Waals surface area contributed by atoms with Crippen LogP contribution in [-0.2, 0) is 17.9 Å². The first-order chi connectivity index (χ1) is 11.3. The fourth-order valence-electron chi connectivity index (χ4n) is 3.58. The number of aromatic nitrogens is 3. The van der Waals surface area contributed by atoms with Gasteiger partial charge in [0.15, 0.2) is 0 Å². The molecule has 1 aliphatic carbocycles. The number of amides is 1. The fraction of sp³-hybridized carbons (Fsp3) is 0.800. The largest absolute Gasteiger partial charge is 0.391 e. The molecule has 1 aromatic rings. The van der Waals surface area contributed by atoms with Crippen molar-refractivity contribution in [2.24, 2.45) is 5.92 Å². The van der Waals surface area contributed by atoms with Gasteiger partial charge in [0.05, 0.1) is 19.0 Å². The molecule has 1 aromatic heterocycles. The normalized spacial score (nSPS) is 25.3. The zero-order valence-corrected chi connectivity index (χ0v) is 13.6. The lowest BCUT2D eigenvalue weighted by Crippen LogP contribution is -2.46. The monoisotopic (exact) mass is 345 g/mol. The third-order valence-electron chi connectivity index (χ3n) is 4.89. The molecule has 0 unspecified atom stereocenters. The number of hydrogen-bond donors (Lipinski definition) is 1. The summed E-state index contributed by atoms with van der Waals surface area (Å²) in [5.41, 5.74) is 0. The van der Waals surface area contributed by atoms with Crippen molar-refractivity contribution in [3.63, 3.8) is 0 Å². The van der Waals surface area contributed by atoms with Gasteiger partial charge in [-0.3, -0.25) is 9.69 Å². The van der Waals surface area contributed by atoms with E-state index in [-0.39, 0.29) is 31.3 Å². The van der Waals surface area contributed by atoms with Gasteiger partial charge in [-0.25, -0.2) is 0 Å². The molecular weight excluding hydrogens is 323 g/mol. The Morgan fingerprint density at radius 2 is 2.08 bits per heavy atom. The first-order valence-corrected chi connectivity index (χ1v) is 8.30.